The van der Waals surface area contributed by atoms with Gasteiger partial charge < -0.3 is 15.4 Å². The van der Waals surface area contributed by atoms with Crippen LogP contribution in [0.15, 0.2) is 41.8 Å². The summed E-state index contributed by atoms with van der Waals surface area (Å²) in [6.07, 6.45) is 2.29. The Morgan fingerprint density at radius 2 is 2.09 bits per heavy atom. The number of carbonyl (C=O) groups excluding carboxylic acids is 1. The minimum atomic E-state index is 0.00187. The van der Waals surface area contributed by atoms with Gasteiger partial charge in [-0.15, -0.1) is 11.3 Å². The SMILES string of the molecule is O=C(NC1CC2CNC1C2)c1ccc(Oc2cccs2)cc1. The average Bonchev–Trinajstić information content (AvgIpc) is 3.25. The Balaban J connectivity index is 1.38. The zero-order valence-electron chi connectivity index (χ0n) is 12.1. The molecule has 1 saturated heterocycles. The average molecular weight is 314 g/mol. The van der Waals surface area contributed by atoms with Gasteiger partial charge in [0.05, 0.1) is 0 Å². The summed E-state index contributed by atoms with van der Waals surface area (Å²) < 4.78 is 5.70. The molecule has 1 aromatic carbocycles. The van der Waals surface area contributed by atoms with Crippen LogP contribution < -0.4 is 15.4 Å². The van der Waals surface area contributed by atoms with Gasteiger partial charge in [0.2, 0.25) is 0 Å². The van der Waals surface area contributed by atoms with Crippen LogP contribution in [-0.2, 0) is 0 Å². The maximum atomic E-state index is 12.3. The van der Waals surface area contributed by atoms with Crippen LogP contribution in [0, 0.1) is 5.92 Å². The third-order valence-corrected chi connectivity index (χ3v) is 5.22. The fraction of sp³-hybridized carbons (Fsp3) is 0.353. The van der Waals surface area contributed by atoms with Crippen molar-refractivity contribution in [2.45, 2.75) is 24.9 Å². The number of ether oxygens (including phenoxy) is 1. The lowest BCUT2D eigenvalue weighted by Gasteiger charge is -2.24. The van der Waals surface area contributed by atoms with Crippen molar-refractivity contribution in [1.29, 1.82) is 0 Å². The molecule has 22 heavy (non-hydrogen) atoms. The summed E-state index contributed by atoms with van der Waals surface area (Å²) in [6.45, 7) is 1.10. The van der Waals surface area contributed by atoms with Crippen LogP contribution in [0.5, 0.6) is 10.8 Å². The standard InChI is InChI=1S/C17H18N2O2S/c20-17(19-15-9-11-8-14(15)18-10-11)12-3-5-13(6-4-12)21-16-2-1-7-22-16/h1-7,11,14-15,18H,8-10H2,(H,19,20). The van der Waals surface area contributed by atoms with Gasteiger partial charge in [-0.25, -0.2) is 0 Å². The monoisotopic (exact) mass is 314 g/mol. The molecule has 4 rings (SSSR count). The first-order valence-corrected chi connectivity index (χ1v) is 8.51. The molecule has 2 aliphatic rings. The van der Waals surface area contributed by atoms with E-state index in [-0.39, 0.29) is 11.9 Å². The first-order chi connectivity index (χ1) is 10.8. The topological polar surface area (TPSA) is 50.4 Å². The van der Waals surface area contributed by atoms with E-state index in [9.17, 15) is 4.79 Å². The molecule has 2 heterocycles. The number of hydrogen-bond donors (Lipinski definition) is 2. The molecule has 2 N–H and O–H groups in total. The van der Waals surface area contributed by atoms with Crippen LogP contribution in [0.3, 0.4) is 0 Å². The molecule has 1 aliphatic carbocycles. The van der Waals surface area contributed by atoms with Gasteiger partial charge in [0.25, 0.3) is 5.91 Å². The minimum absolute atomic E-state index is 0.00187. The molecule has 5 heteroatoms. The summed E-state index contributed by atoms with van der Waals surface area (Å²) >= 11 is 1.55. The lowest BCUT2D eigenvalue weighted by molar-refractivity contribution is 0.0928. The van der Waals surface area contributed by atoms with Gasteiger partial charge in [-0.2, -0.15) is 0 Å². The number of benzene rings is 1. The Morgan fingerprint density at radius 1 is 1.23 bits per heavy atom. The molecule has 1 amide bonds. The van der Waals surface area contributed by atoms with E-state index in [1.807, 2.05) is 41.8 Å². The predicted molar refractivity (Wildman–Crippen MR) is 86.6 cm³/mol. The van der Waals surface area contributed by atoms with Gasteiger partial charge in [0.15, 0.2) is 5.06 Å². The van der Waals surface area contributed by atoms with Crippen LogP contribution in [-0.4, -0.2) is 24.5 Å². The van der Waals surface area contributed by atoms with E-state index in [1.165, 1.54) is 6.42 Å². The summed E-state index contributed by atoms with van der Waals surface area (Å²) in [5.74, 6) is 1.49. The van der Waals surface area contributed by atoms with Crippen molar-refractivity contribution in [3.63, 3.8) is 0 Å². The molecule has 1 saturated carbocycles. The lowest BCUT2D eigenvalue weighted by atomic mass is 10.1. The molecule has 4 nitrogen and oxygen atoms in total. The number of hydrogen-bond acceptors (Lipinski definition) is 4. The van der Waals surface area contributed by atoms with Crippen LogP contribution in [0.1, 0.15) is 23.2 Å². The maximum absolute atomic E-state index is 12.3. The van der Waals surface area contributed by atoms with Gasteiger partial charge in [-0.1, -0.05) is 0 Å². The van der Waals surface area contributed by atoms with Gasteiger partial charge in [0, 0.05) is 17.6 Å². The molecule has 0 radical (unpaired) electrons. The summed E-state index contributed by atoms with van der Waals surface area (Å²) in [6, 6.07) is 11.9. The molecule has 114 valence electrons. The van der Waals surface area contributed by atoms with Crippen molar-refractivity contribution in [2.75, 3.05) is 6.54 Å². The Hall–Kier alpha value is -1.85. The van der Waals surface area contributed by atoms with Gasteiger partial charge in [-0.3, -0.25) is 4.79 Å². The van der Waals surface area contributed by atoms with E-state index in [4.69, 9.17) is 4.74 Å². The van der Waals surface area contributed by atoms with E-state index in [1.54, 1.807) is 11.3 Å². The number of thiophene rings is 1. The van der Waals surface area contributed by atoms with E-state index in [2.05, 4.69) is 10.6 Å². The number of nitrogens with one attached hydrogen (secondary N) is 2. The highest BCUT2D eigenvalue weighted by atomic mass is 32.1. The predicted octanol–water partition coefficient (Wildman–Crippen LogP) is 3.02. The molecule has 1 aromatic heterocycles. The van der Waals surface area contributed by atoms with Crippen molar-refractivity contribution in [1.82, 2.24) is 10.6 Å². The number of carbonyl (C=O) groups is 1. The van der Waals surface area contributed by atoms with Crippen LogP contribution in [0.2, 0.25) is 0 Å². The molecule has 2 fully saturated rings. The first-order valence-electron chi connectivity index (χ1n) is 7.63. The Labute approximate surface area is 133 Å². The number of fused-ring (bicyclic) bond motifs is 2. The molecule has 1 aliphatic heterocycles. The van der Waals surface area contributed by atoms with Gasteiger partial charge >= 0.3 is 0 Å². The first kappa shape index (κ1) is 13.8. The van der Waals surface area contributed by atoms with Crippen LogP contribution >= 0.6 is 11.3 Å². The van der Waals surface area contributed by atoms with Crippen molar-refractivity contribution >= 4 is 17.2 Å². The highest BCUT2D eigenvalue weighted by Gasteiger charge is 2.39. The van der Waals surface area contributed by atoms with Crippen molar-refractivity contribution in [3.8, 4) is 10.8 Å². The van der Waals surface area contributed by atoms with Gasteiger partial charge in [-0.05, 0) is 67.1 Å². The fourth-order valence-electron chi connectivity index (χ4n) is 3.38. The molecular weight excluding hydrogens is 296 g/mol. The summed E-state index contributed by atoms with van der Waals surface area (Å²) in [7, 11) is 0. The zero-order chi connectivity index (χ0) is 14.9. The zero-order valence-corrected chi connectivity index (χ0v) is 12.9. The third kappa shape index (κ3) is 2.74. The summed E-state index contributed by atoms with van der Waals surface area (Å²) in [4.78, 5) is 12.3. The van der Waals surface area contributed by atoms with Gasteiger partial charge in [0.1, 0.15) is 5.75 Å². The molecule has 2 aromatic rings. The fourth-order valence-corrected chi connectivity index (χ4v) is 3.97. The highest BCUT2D eigenvalue weighted by molar-refractivity contribution is 7.11. The smallest absolute Gasteiger partial charge is 0.251 e. The second kappa shape index (κ2) is 5.74. The number of piperidine rings is 1. The summed E-state index contributed by atoms with van der Waals surface area (Å²) in [5, 5.41) is 9.44. The molecular formula is C17H18N2O2S. The Bertz CT molecular complexity index is 654. The Kier molecular flexibility index (Phi) is 3.60. The molecule has 2 bridgehead atoms. The summed E-state index contributed by atoms with van der Waals surface area (Å²) in [5.41, 5.74) is 0.682. The second-order valence-electron chi connectivity index (χ2n) is 5.99. The van der Waals surface area contributed by atoms with Crippen LogP contribution in [0.25, 0.3) is 0 Å². The normalized spacial score (nSPS) is 26.1. The van der Waals surface area contributed by atoms with Crippen molar-refractivity contribution in [2.24, 2.45) is 5.92 Å². The van der Waals surface area contributed by atoms with E-state index in [0.717, 1.165) is 29.7 Å². The third-order valence-electron chi connectivity index (χ3n) is 4.48. The van der Waals surface area contributed by atoms with Crippen molar-refractivity contribution in [3.05, 3.63) is 47.3 Å². The van der Waals surface area contributed by atoms with E-state index < -0.39 is 0 Å². The van der Waals surface area contributed by atoms with E-state index in [0.29, 0.717) is 11.6 Å². The highest BCUT2D eigenvalue weighted by Crippen LogP contribution is 2.31. The molecule has 3 unspecified atom stereocenters. The van der Waals surface area contributed by atoms with E-state index >= 15 is 0 Å². The maximum Gasteiger partial charge on any atom is 0.251 e. The Morgan fingerprint density at radius 3 is 2.73 bits per heavy atom. The largest absolute Gasteiger partial charge is 0.447 e. The quantitative estimate of drug-likeness (QED) is 0.912. The van der Waals surface area contributed by atoms with Crippen molar-refractivity contribution < 1.29 is 9.53 Å². The van der Waals surface area contributed by atoms with Crippen LogP contribution in [0.4, 0.5) is 0 Å². The molecule has 0 spiro atoms. The number of rotatable bonds is 4. The number of amides is 1. The minimum Gasteiger partial charge on any atom is -0.447 e. The molecule has 3 atom stereocenters. The lowest BCUT2D eigenvalue weighted by Crippen LogP contribution is -2.47. The second-order valence-corrected chi connectivity index (χ2v) is 6.90.